The highest BCUT2D eigenvalue weighted by molar-refractivity contribution is 7.18. The van der Waals surface area contributed by atoms with E-state index in [4.69, 9.17) is 10.5 Å². The predicted octanol–water partition coefficient (Wildman–Crippen LogP) is 3.78. The Morgan fingerprint density at radius 2 is 1.92 bits per heavy atom. The number of ether oxygens (including phenoxy) is 1. The highest BCUT2D eigenvalue weighted by Crippen LogP contribution is 2.31. The van der Waals surface area contributed by atoms with Crippen molar-refractivity contribution >= 4 is 33.9 Å². The van der Waals surface area contributed by atoms with Crippen molar-refractivity contribution < 1.29 is 9.53 Å². The van der Waals surface area contributed by atoms with E-state index in [2.05, 4.69) is 25.2 Å². The second-order valence-corrected chi connectivity index (χ2v) is 9.67. The van der Waals surface area contributed by atoms with Gasteiger partial charge in [-0.15, -0.1) is 0 Å². The van der Waals surface area contributed by atoms with Crippen LogP contribution in [0.4, 0.5) is 16.6 Å². The number of amides is 1. The van der Waals surface area contributed by atoms with Crippen molar-refractivity contribution in [2.24, 2.45) is 5.73 Å². The lowest BCUT2D eigenvalue weighted by Crippen LogP contribution is -2.35. The predicted molar refractivity (Wildman–Crippen MR) is 146 cm³/mol. The van der Waals surface area contributed by atoms with Crippen molar-refractivity contribution in [2.75, 3.05) is 49.6 Å². The van der Waals surface area contributed by atoms with Gasteiger partial charge in [0, 0.05) is 68.8 Å². The molecule has 1 aliphatic rings. The lowest BCUT2D eigenvalue weighted by atomic mass is 10.1. The first-order chi connectivity index (χ1) is 18.2. The SMILES string of the molecule is NCCN(C(=O)c1cncc(-c2cnc(Nc3cc(CN4CCOCC4)ccn3)s2)c1)c1ccccc1. The van der Waals surface area contributed by atoms with E-state index in [1.807, 2.05) is 54.7 Å². The zero-order valence-corrected chi connectivity index (χ0v) is 21.2. The van der Waals surface area contributed by atoms with Crippen molar-refractivity contribution in [3.8, 4) is 10.4 Å². The van der Waals surface area contributed by atoms with Crippen LogP contribution in [0.1, 0.15) is 15.9 Å². The Labute approximate surface area is 220 Å². The number of nitrogens with one attached hydrogen (secondary N) is 1. The summed E-state index contributed by atoms with van der Waals surface area (Å²) in [6.07, 6.45) is 6.92. The minimum Gasteiger partial charge on any atom is -0.379 e. The first-order valence-corrected chi connectivity index (χ1v) is 13.0. The molecule has 0 aliphatic carbocycles. The van der Waals surface area contributed by atoms with Gasteiger partial charge in [-0.25, -0.2) is 9.97 Å². The van der Waals surface area contributed by atoms with Crippen molar-refractivity contribution in [1.82, 2.24) is 19.9 Å². The van der Waals surface area contributed by atoms with Gasteiger partial charge in [0.05, 0.1) is 23.7 Å². The molecule has 37 heavy (non-hydrogen) atoms. The summed E-state index contributed by atoms with van der Waals surface area (Å²) in [5.41, 5.74) is 9.10. The molecular formula is C27H29N7O2S. The fraction of sp³-hybridized carbons (Fsp3) is 0.259. The molecule has 1 saturated heterocycles. The molecule has 1 fully saturated rings. The highest BCUT2D eigenvalue weighted by atomic mass is 32.1. The van der Waals surface area contributed by atoms with Crippen molar-refractivity contribution in [2.45, 2.75) is 6.54 Å². The second-order valence-electron chi connectivity index (χ2n) is 8.64. The molecule has 0 radical (unpaired) electrons. The average molecular weight is 516 g/mol. The van der Waals surface area contributed by atoms with E-state index in [0.29, 0.717) is 18.7 Å². The molecule has 1 aliphatic heterocycles. The number of thiazole rings is 1. The van der Waals surface area contributed by atoms with Gasteiger partial charge in [0.25, 0.3) is 5.91 Å². The normalized spacial score (nSPS) is 13.9. The fourth-order valence-corrected chi connectivity index (χ4v) is 4.97. The van der Waals surface area contributed by atoms with E-state index >= 15 is 0 Å². The molecule has 0 unspecified atom stereocenters. The van der Waals surface area contributed by atoms with Gasteiger partial charge in [-0.2, -0.15) is 0 Å². The van der Waals surface area contributed by atoms with Gasteiger partial charge in [-0.3, -0.25) is 14.7 Å². The Morgan fingerprint density at radius 3 is 2.73 bits per heavy atom. The summed E-state index contributed by atoms with van der Waals surface area (Å²) in [5.74, 6) is 0.601. The van der Waals surface area contributed by atoms with Crippen LogP contribution >= 0.6 is 11.3 Å². The number of carbonyl (C=O) groups is 1. The Balaban J connectivity index is 1.29. The number of nitrogens with zero attached hydrogens (tertiary/aromatic N) is 5. The first-order valence-electron chi connectivity index (χ1n) is 12.2. The lowest BCUT2D eigenvalue weighted by Gasteiger charge is -2.26. The number of hydrogen-bond donors (Lipinski definition) is 2. The van der Waals surface area contributed by atoms with Crippen LogP contribution in [-0.2, 0) is 11.3 Å². The molecule has 190 valence electrons. The minimum absolute atomic E-state index is 0.143. The van der Waals surface area contributed by atoms with Gasteiger partial charge in [0.1, 0.15) is 5.82 Å². The fourth-order valence-electron chi connectivity index (χ4n) is 4.17. The number of morpholine rings is 1. The molecule has 1 aromatic carbocycles. The second kappa shape index (κ2) is 12.0. The van der Waals surface area contributed by atoms with E-state index < -0.39 is 0 Å². The summed E-state index contributed by atoms with van der Waals surface area (Å²) < 4.78 is 5.44. The first kappa shape index (κ1) is 25.0. The maximum Gasteiger partial charge on any atom is 0.259 e. The number of carbonyl (C=O) groups excluding carboxylic acids is 1. The molecule has 0 atom stereocenters. The summed E-state index contributed by atoms with van der Waals surface area (Å²) in [6, 6.07) is 15.5. The van der Waals surface area contributed by atoms with E-state index in [9.17, 15) is 4.79 Å². The van der Waals surface area contributed by atoms with Crippen LogP contribution in [-0.4, -0.2) is 65.2 Å². The number of rotatable bonds is 9. The number of pyridine rings is 2. The Hall–Kier alpha value is -3.70. The molecule has 1 amide bonds. The summed E-state index contributed by atoms with van der Waals surface area (Å²) in [7, 11) is 0. The molecule has 10 heteroatoms. The van der Waals surface area contributed by atoms with Gasteiger partial charge < -0.3 is 20.7 Å². The number of aromatic nitrogens is 3. The summed E-state index contributed by atoms with van der Waals surface area (Å²) in [5, 5.41) is 4.03. The van der Waals surface area contributed by atoms with Gasteiger partial charge in [0.2, 0.25) is 0 Å². The van der Waals surface area contributed by atoms with Crippen LogP contribution in [0.25, 0.3) is 10.4 Å². The average Bonchev–Trinajstić information content (AvgIpc) is 3.41. The smallest absolute Gasteiger partial charge is 0.259 e. The van der Waals surface area contributed by atoms with Crippen LogP contribution in [0.5, 0.6) is 0 Å². The van der Waals surface area contributed by atoms with E-state index in [1.54, 1.807) is 23.5 Å². The van der Waals surface area contributed by atoms with Crippen LogP contribution in [0.15, 0.2) is 73.3 Å². The maximum absolute atomic E-state index is 13.3. The van der Waals surface area contributed by atoms with E-state index in [1.165, 1.54) is 16.9 Å². The molecule has 4 aromatic rings. The van der Waals surface area contributed by atoms with Gasteiger partial charge in [0.15, 0.2) is 5.13 Å². The Kier molecular flexibility index (Phi) is 8.11. The van der Waals surface area contributed by atoms with Crippen LogP contribution in [0.2, 0.25) is 0 Å². The van der Waals surface area contributed by atoms with Crippen molar-refractivity contribution in [1.29, 1.82) is 0 Å². The van der Waals surface area contributed by atoms with Crippen LogP contribution < -0.4 is 16.0 Å². The molecular weight excluding hydrogens is 486 g/mol. The van der Waals surface area contributed by atoms with Crippen LogP contribution in [0, 0.1) is 0 Å². The number of hydrogen-bond acceptors (Lipinski definition) is 9. The number of anilines is 3. The molecule has 0 spiro atoms. The largest absolute Gasteiger partial charge is 0.379 e. The summed E-state index contributed by atoms with van der Waals surface area (Å²) >= 11 is 1.48. The molecule has 0 saturated carbocycles. The summed E-state index contributed by atoms with van der Waals surface area (Å²) in [6.45, 7) is 5.06. The molecule has 3 N–H and O–H groups in total. The monoisotopic (exact) mass is 515 g/mol. The molecule has 0 bridgehead atoms. The molecule has 3 aromatic heterocycles. The topological polar surface area (TPSA) is 110 Å². The van der Waals surface area contributed by atoms with Crippen molar-refractivity contribution in [3.63, 3.8) is 0 Å². The number of benzene rings is 1. The standard InChI is InChI=1S/C27H29N7O2S/c28-7-9-34(23-4-2-1-3-5-23)26(35)22-15-21(16-29-17-22)24-18-31-27(37-24)32-25-14-20(6-8-30-25)19-33-10-12-36-13-11-33/h1-6,8,14-18H,7,9-13,19,28H2,(H,30,31,32). The lowest BCUT2D eigenvalue weighted by molar-refractivity contribution is 0.0342. The van der Waals surface area contributed by atoms with E-state index in [0.717, 1.165) is 59.9 Å². The Morgan fingerprint density at radius 1 is 1.08 bits per heavy atom. The third-order valence-electron chi connectivity index (χ3n) is 6.01. The zero-order chi connectivity index (χ0) is 25.5. The molecule has 4 heterocycles. The number of para-hydroxylation sites is 1. The van der Waals surface area contributed by atoms with Crippen LogP contribution in [0.3, 0.4) is 0 Å². The third kappa shape index (κ3) is 6.36. The molecule has 9 nitrogen and oxygen atoms in total. The highest BCUT2D eigenvalue weighted by Gasteiger charge is 2.18. The number of nitrogens with two attached hydrogens (primary N) is 1. The van der Waals surface area contributed by atoms with E-state index in [-0.39, 0.29) is 5.91 Å². The van der Waals surface area contributed by atoms with Gasteiger partial charge in [-0.1, -0.05) is 29.5 Å². The minimum atomic E-state index is -0.143. The maximum atomic E-state index is 13.3. The zero-order valence-electron chi connectivity index (χ0n) is 20.4. The van der Waals surface area contributed by atoms with Gasteiger partial charge in [-0.05, 0) is 35.9 Å². The quantitative estimate of drug-likeness (QED) is 0.347. The van der Waals surface area contributed by atoms with Crippen molar-refractivity contribution in [3.05, 3.63) is 84.4 Å². The molecule has 5 rings (SSSR count). The Bertz CT molecular complexity index is 1330. The van der Waals surface area contributed by atoms with Gasteiger partial charge >= 0.3 is 0 Å². The summed E-state index contributed by atoms with van der Waals surface area (Å²) in [4.78, 5) is 31.6. The third-order valence-corrected chi connectivity index (χ3v) is 6.97.